The topological polar surface area (TPSA) is 137 Å². The summed E-state index contributed by atoms with van der Waals surface area (Å²) in [4.78, 5) is 14.5. The molecule has 0 amide bonds. The Morgan fingerprint density at radius 1 is 0.750 bits per heavy atom. The fourth-order valence-electron chi connectivity index (χ4n) is 3.23. The molecule has 0 saturated carbocycles. The number of likely N-dealkylation sites (N-methyl/N-ethyl adjacent to an activating group) is 2. The van der Waals surface area contributed by atoms with Gasteiger partial charge < -0.3 is 52.8 Å². The van der Waals surface area contributed by atoms with Gasteiger partial charge in [-0.3, -0.25) is 4.79 Å². The quantitative estimate of drug-likeness (QED) is 0.228. The van der Waals surface area contributed by atoms with Gasteiger partial charge in [-0.15, -0.1) is 0 Å². The molecular formula is C28H54N2O10. The molecule has 6 saturated heterocycles. The Kier molecular flexibility index (Phi) is 17.7. The molecule has 6 aliphatic rings. The SMILES string of the molecule is CC(=O)OCC1CO1.CCC(O)CN(C)CC1CO1.CCC1CO1.CN(CC1CO1)CC1CO1.COCC1CO1. The maximum absolute atomic E-state index is 10.1. The fraction of sp³-hybridized carbons (Fsp3) is 0.964. The van der Waals surface area contributed by atoms with Crippen molar-refractivity contribution in [1.82, 2.24) is 9.80 Å². The highest BCUT2D eigenvalue weighted by Gasteiger charge is 2.29. The van der Waals surface area contributed by atoms with E-state index >= 15 is 0 Å². The van der Waals surface area contributed by atoms with Crippen LogP contribution in [-0.2, 0) is 42.7 Å². The zero-order chi connectivity index (χ0) is 29.3. The number of hydrogen-bond acceptors (Lipinski definition) is 12. The number of rotatable bonds is 14. The molecule has 6 fully saturated rings. The van der Waals surface area contributed by atoms with Crippen LogP contribution in [0, 0.1) is 0 Å². The Morgan fingerprint density at radius 3 is 1.43 bits per heavy atom. The molecule has 6 heterocycles. The van der Waals surface area contributed by atoms with Crippen molar-refractivity contribution in [1.29, 1.82) is 0 Å². The smallest absolute Gasteiger partial charge is 0.302 e. The molecule has 0 bridgehead atoms. The van der Waals surface area contributed by atoms with Crippen molar-refractivity contribution in [3.8, 4) is 0 Å². The van der Waals surface area contributed by atoms with Gasteiger partial charge in [0.15, 0.2) is 0 Å². The first-order chi connectivity index (χ1) is 19.2. The number of aliphatic hydroxyl groups excluding tert-OH is 1. The number of nitrogens with zero attached hydrogens (tertiary/aromatic N) is 2. The Bertz CT molecular complexity index is 637. The van der Waals surface area contributed by atoms with Crippen molar-refractivity contribution in [2.45, 2.75) is 76.3 Å². The zero-order valence-electron chi connectivity index (χ0n) is 25.5. The Morgan fingerprint density at radius 2 is 1.15 bits per heavy atom. The molecule has 7 atom stereocenters. The van der Waals surface area contributed by atoms with E-state index in [0.29, 0.717) is 37.1 Å². The van der Waals surface area contributed by atoms with Crippen LogP contribution in [0.25, 0.3) is 0 Å². The van der Waals surface area contributed by atoms with Gasteiger partial charge in [0.05, 0.1) is 76.8 Å². The maximum atomic E-state index is 10.1. The second kappa shape index (κ2) is 20.1. The molecule has 236 valence electrons. The Labute approximate surface area is 240 Å². The molecule has 0 aromatic carbocycles. The summed E-state index contributed by atoms with van der Waals surface area (Å²) in [5.74, 6) is -0.236. The normalized spacial score (nSPS) is 30.0. The number of carbonyl (C=O) groups is 1. The molecular weight excluding hydrogens is 524 g/mol. The summed E-state index contributed by atoms with van der Waals surface area (Å²) in [5, 5.41) is 9.28. The summed E-state index contributed by atoms with van der Waals surface area (Å²) in [6.45, 7) is 16.0. The van der Waals surface area contributed by atoms with Gasteiger partial charge in [-0.25, -0.2) is 0 Å². The van der Waals surface area contributed by atoms with Crippen molar-refractivity contribution in [2.24, 2.45) is 0 Å². The van der Waals surface area contributed by atoms with Gasteiger partial charge in [-0.05, 0) is 26.9 Å². The lowest BCUT2D eigenvalue weighted by Gasteiger charge is -2.18. The molecule has 12 heteroatoms. The molecule has 7 unspecified atom stereocenters. The molecule has 0 aromatic heterocycles. The maximum Gasteiger partial charge on any atom is 0.302 e. The van der Waals surface area contributed by atoms with E-state index in [2.05, 4.69) is 28.5 Å². The van der Waals surface area contributed by atoms with Crippen LogP contribution < -0.4 is 0 Å². The Balaban J connectivity index is 0.000000180. The van der Waals surface area contributed by atoms with Crippen molar-refractivity contribution in [3.63, 3.8) is 0 Å². The summed E-state index contributed by atoms with van der Waals surface area (Å²) >= 11 is 0. The first kappa shape index (κ1) is 35.3. The van der Waals surface area contributed by atoms with Gasteiger partial charge in [0, 0.05) is 40.2 Å². The van der Waals surface area contributed by atoms with Crippen LogP contribution in [0.5, 0.6) is 0 Å². The van der Waals surface area contributed by atoms with Crippen LogP contribution >= 0.6 is 0 Å². The van der Waals surface area contributed by atoms with Crippen LogP contribution in [0.4, 0.5) is 0 Å². The average Bonchev–Trinajstić information content (AvgIpc) is 3.69. The number of esters is 1. The average molecular weight is 579 g/mol. The van der Waals surface area contributed by atoms with Crippen molar-refractivity contribution < 1.29 is 47.8 Å². The van der Waals surface area contributed by atoms with Crippen molar-refractivity contribution in [2.75, 3.05) is 100 Å². The number of methoxy groups -OCH3 is 1. The third-order valence-electron chi connectivity index (χ3n) is 6.23. The lowest BCUT2D eigenvalue weighted by Crippen LogP contribution is -2.31. The van der Waals surface area contributed by atoms with Crippen LogP contribution in [0.2, 0.25) is 0 Å². The van der Waals surface area contributed by atoms with E-state index in [9.17, 15) is 9.90 Å². The lowest BCUT2D eigenvalue weighted by atomic mass is 10.2. The lowest BCUT2D eigenvalue weighted by molar-refractivity contribution is -0.141. The van der Waals surface area contributed by atoms with E-state index in [-0.39, 0.29) is 18.2 Å². The predicted octanol–water partition coefficient (Wildman–Crippen LogP) is 0.579. The summed E-state index contributed by atoms with van der Waals surface area (Å²) in [6, 6.07) is 0. The van der Waals surface area contributed by atoms with Gasteiger partial charge in [0.25, 0.3) is 0 Å². The van der Waals surface area contributed by atoms with Crippen LogP contribution in [-0.4, -0.2) is 164 Å². The number of hydrogen-bond donors (Lipinski definition) is 1. The number of epoxide rings is 6. The molecule has 6 aliphatic heterocycles. The van der Waals surface area contributed by atoms with Gasteiger partial charge in [-0.2, -0.15) is 0 Å². The third kappa shape index (κ3) is 23.7. The summed E-state index contributed by atoms with van der Waals surface area (Å²) in [6.07, 6.45) is 4.56. The van der Waals surface area contributed by atoms with Gasteiger partial charge in [-0.1, -0.05) is 13.8 Å². The highest BCUT2D eigenvalue weighted by atomic mass is 16.6. The molecule has 0 radical (unpaired) electrons. The minimum Gasteiger partial charge on any atom is -0.463 e. The summed E-state index contributed by atoms with van der Waals surface area (Å²) < 4.78 is 39.1. The largest absolute Gasteiger partial charge is 0.463 e. The van der Waals surface area contributed by atoms with Gasteiger partial charge >= 0.3 is 5.97 Å². The molecule has 1 N–H and O–H groups in total. The van der Waals surface area contributed by atoms with Gasteiger partial charge in [0.1, 0.15) is 18.8 Å². The first-order valence-electron chi connectivity index (χ1n) is 14.6. The second-order valence-electron chi connectivity index (χ2n) is 10.9. The molecule has 0 spiro atoms. The fourth-order valence-corrected chi connectivity index (χ4v) is 3.23. The number of aliphatic hydroxyl groups is 1. The van der Waals surface area contributed by atoms with E-state index in [1.807, 2.05) is 14.0 Å². The van der Waals surface area contributed by atoms with Crippen molar-refractivity contribution in [3.05, 3.63) is 0 Å². The van der Waals surface area contributed by atoms with E-state index in [4.69, 9.17) is 33.2 Å². The molecule has 12 nitrogen and oxygen atoms in total. The second-order valence-corrected chi connectivity index (χ2v) is 10.9. The van der Waals surface area contributed by atoms with Crippen LogP contribution in [0.1, 0.15) is 33.6 Å². The molecule has 6 rings (SSSR count). The first-order valence-corrected chi connectivity index (χ1v) is 14.6. The number of ether oxygens (including phenoxy) is 8. The van der Waals surface area contributed by atoms with Crippen LogP contribution in [0.3, 0.4) is 0 Å². The highest BCUT2D eigenvalue weighted by molar-refractivity contribution is 5.65. The third-order valence-corrected chi connectivity index (χ3v) is 6.23. The molecule has 0 aliphatic carbocycles. The van der Waals surface area contributed by atoms with Gasteiger partial charge in [0.2, 0.25) is 0 Å². The molecule has 40 heavy (non-hydrogen) atoms. The monoisotopic (exact) mass is 578 g/mol. The van der Waals surface area contributed by atoms with E-state index in [1.165, 1.54) is 13.3 Å². The minimum absolute atomic E-state index is 0.182. The van der Waals surface area contributed by atoms with E-state index in [0.717, 1.165) is 78.8 Å². The molecule has 0 aromatic rings. The standard InChI is InChI=1S/C8H17NO2.C7H13NO2.C5H8O3.C4H8O2.C4H8O/c1-3-7(10)4-9(2)5-8-6-11-8;1-8(2-6-4-9-6)3-7-5-10-7;1-4(6)7-2-5-3-8-5;1-5-2-4-3-6-4;1-2-4-3-5-4/h7-8,10H,3-6H2,1-2H3;6-7H,2-5H2,1H3;5H,2-3H2,1H3;4H,2-3H2,1H3;4H,2-3H2,1H3. The predicted molar refractivity (Wildman–Crippen MR) is 149 cm³/mol. The zero-order valence-corrected chi connectivity index (χ0v) is 25.5. The highest BCUT2D eigenvalue weighted by Crippen LogP contribution is 2.14. The van der Waals surface area contributed by atoms with E-state index < -0.39 is 0 Å². The minimum atomic E-state index is -0.236. The van der Waals surface area contributed by atoms with Crippen LogP contribution in [0.15, 0.2) is 0 Å². The van der Waals surface area contributed by atoms with Crippen molar-refractivity contribution >= 4 is 5.97 Å². The summed E-state index contributed by atoms with van der Waals surface area (Å²) in [7, 11) is 5.81. The number of carbonyl (C=O) groups excluding carboxylic acids is 1. The van der Waals surface area contributed by atoms with E-state index in [1.54, 1.807) is 7.11 Å². The summed E-state index contributed by atoms with van der Waals surface area (Å²) in [5.41, 5.74) is 0. The Hall–Kier alpha value is -0.930.